The number of esters is 1. The van der Waals surface area contributed by atoms with Crippen LogP contribution in [-0.2, 0) is 9.53 Å². The standard InChI is InChI=1S/C12H15NO2/c1-9(14)15-12-5-4-10(7-12)11-3-2-6-13-8-11/h2-3,6,8,10,12H,4-5,7H2,1H3/t10-,12+/m1/s1. The van der Waals surface area contributed by atoms with Crippen LogP contribution in [-0.4, -0.2) is 17.1 Å². The molecule has 1 fully saturated rings. The topological polar surface area (TPSA) is 39.2 Å². The third-order valence-corrected chi connectivity index (χ3v) is 2.87. The van der Waals surface area contributed by atoms with Gasteiger partial charge in [0.15, 0.2) is 0 Å². The summed E-state index contributed by atoms with van der Waals surface area (Å²) in [5, 5.41) is 0. The second kappa shape index (κ2) is 4.43. The molecule has 2 atom stereocenters. The quantitative estimate of drug-likeness (QED) is 0.695. The number of hydrogen-bond acceptors (Lipinski definition) is 3. The van der Waals surface area contributed by atoms with Crippen molar-refractivity contribution in [2.75, 3.05) is 0 Å². The number of carbonyl (C=O) groups excluding carboxylic acids is 1. The van der Waals surface area contributed by atoms with Gasteiger partial charge in [-0.15, -0.1) is 0 Å². The van der Waals surface area contributed by atoms with Crippen molar-refractivity contribution in [1.82, 2.24) is 4.98 Å². The fourth-order valence-corrected chi connectivity index (χ4v) is 2.20. The second-order valence-electron chi connectivity index (χ2n) is 4.03. The van der Waals surface area contributed by atoms with Gasteiger partial charge in [0.25, 0.3) is 0 Å². The molecule has 0 spiro atoms. The van der Waals surface area contributed by atoms with Crippen molar-refractivity contribution >= 4 is 5.97 Å². The molecule has 0 saturated heterocycles. The Morgan fingerprint density at radius 3 is 3.07 bits per heavy atom. The zero-order valence-electron chi connectivity index (χ0n) is 8.85. The van der Waals surface area contributed by atoms with E-state index in [0.29, 0.717) is 5.92 Å². The van der Waals surface area contributed by atoms with Gasteiger partial charge in [0, 0.05) is 19.3 Å². The first-order chi connectivity index (χ1) is 7.25. The third kappa shape index (κ3) is 2.55. The molecule has 0 radical (unpaired) electrons. The SMILES string of the molecule is CC(=O)O[C@H]1CC[C@@H](c2cccnc2)C1. The Balaban J connectivity index is 1.96. The molecule has 0 bridgehead atoms. The first-order valence-corrected chi connectivity index (χ1v) is 5.33. The van der Waals surface area contributed by atoms with Gasteiger partial charge in [-0.3, -0.25) is 9.78 Å². The zero-order valence-corrected chi connectivity index (χ0v) is 8.85. The van der Waals surface area contributed by atoms with Crippen LogP contribution >= 0.6 is 0 Å². The maximum Gasteiger partial charge on any atom is 0.302 e. The summed E-state index contributed by atoms with van der Waals surface area (Å²) < 4.78 is 5.20. The molecule has 1 aromatic rings. The average molecular weight is 205 g/mol. The Hall–Kier alpha value is -1.38. The lowest BCUT2D eigenvalue weighted by Gasteiger charge is -2.11. The normalized spacial score (nSPS) is 25.1. The van der Waals surface area contributed by atoms with E-state index >= 15 is 0 Å². The van der Waals surface area contributed by atoms with Crippen LogP contribution in [0.4, 0.5) is 0 Å². The molecule has 3 heteroatoms. The highest BCUT2D eigenvalue weighted by atomic mass is 16.5. The maximum absolute atomic E-state index is 10.8. The first kappa shape index (κ1) is 10.1. The van der Waals surface area contributed by atoms with Crippen LogP contribution in [0.1, 0.15) is 37.7 Å². The Kier molecular flexibility index (Phi) is 2.99. The third-order valence-electron chi connectivity index (χ3n) is 2.87. The van der Waals surface area contributed by atoms with Crippen LogP contribution in [0.3, 0.4) is 0 Å². The molecule has 1 aliphatic carbocycles. The van der Waals surface area contributed by atoms with Gasteiger partial charge >= 0.3 is 5.97 Å². The lowest BCUT2D eigenvalue weighted by atomic mass is 10.00. The highest BCUT2D eigenvalue weighted by Gasteiger charge is 2.27. The highest BCUT2D eigenvalue weighted by Crippen LogP contribution is 2.35. The molecule has 15 heavy (non-hydrogen) atoms. The van der Waals surface area contributed by atoms with Crippen molar-refractivity contribution in [2.24, 2.45) is 0 Å². The second-order valence-corrected chi connectivity index (χ2v) is 4.03. The van der Waals surface area contributed by atoms with Crippen LogP contribution in [0.25, 0.3) is 0 Å². The van der Waals surface area contributed by atoms with Crippen molar-refractivity contribution in [2.45, 2.75) is 38.2 Å². The smallest absolute Gasteiger partial charge is 0.302 e. The van der Waals surface area contributed by atoms with E-state index in [1.54, 1.807) is 6.20 Å². The predicted octanol–water partition coefficient (Wildman–Crippen LogP) is 2.28. The minimum atomic E-state index is -0.174. The Morgan fingerprint density at radius 2 is 2.40 bits per heavy atom. The van der Waals surface area contributed by atoms with Crippen molar-refractivity contribution < 1.29 is 9.53 Å². The van der Waals surface area contributed by atoms with Gasteiger partial charge in [0.2, 0.25) is 0 Å². The van der Waals surface area contributed by atoms with Gasteiger partial charge < -0.3 is 4.74 Å². The van der Waals surface area contributed by atoms with Gasteiger partial charge in [0.05, 0.1) is 0 Å². The molecule has 1 aliphatic rings. The summed E-state index contributed by atoms with van der Waals surface area (Å²) in [7, 11) is 0. The van der Waals surface area contributed by atoms with E-state index in [-0.39, 0.29) is 12.1 Å². The van der Waals surface area contributed by atoms with Gasteiger partial charge in [0.1, 0.15) is 6.10 Å². The minimum Gasteiger partial charge on any atom is -0.463 e. The molecule has 0 N–H and O–H groups in total. The molecular weight excluding hydrogens is 190 g/mol. The Labute approximate surface area is 89.5 Å². The highest BCUT2D eigenvalue weighted by molar-refractivity contribution is 5.66. The molecule has 1 heterocycles. The number of nitrogens with zero attached hydrogens (tertiary/aromatic N) is 1. The number of hydrogen-bond donors (Lipinski definition) is 0. The van der Waals surface area contributed by atoms with E-state index in [2.05, 4.69) is 11.1 Å². The van der Waals surface area contributed by atoms with Gasteiger partial charge in [-0.1, -0.05) is 6.07 Å². The predicted molar refractivity (Wildman–Crippen MR) is 56.4 cm³/mol. The van der Waals surface area contributed by atoms with Crippen LogP contribution < -0.4 is 0 Å². The zero-order chi connectivity index (χ0) is 10.7. The van der Waals surface area contributed by atoms with Gasteiger partial charge in [-0.25, -0.2) is 0 Å². The maximum atomic E-state index is 10.8. The molecule has 3 nitrogen and oxygen atoms in total. The molecule has 0 unspecified atom stereocenters. The lowest BCUT2D eigenvalue weighted by molar-refractivity contribution is -0.145. The van der Waals surface area contributed by atoms with E-state index < -0.39 is 0 Å². The van der Waals surface area contributed by atoms with E-state index in [4.69, 9.17) is 4.74 Å². The van der Waals surface area contributed by atoms with E-state index in [0.717, 1.165) is 19.3 Å². The number of pyridine rings is 1. The Bertz CT molecular complexity index is 337. The number of rotatable bonds is 2. The van der Waals surface area contributed by atoms with Gasteiger partial charge in [-0.2, -0.15) is 0 Å². The summed E-state index contributed by atoms with van der Waals surface area (Å²) in [6.45, 7) is 1.47. The van der Waals surface area contributed by atoms with Crippen LogP contribution in [0.15, 0.2) is 24.5 Å². The molecule has 1 saturated carbocycles. The van der Waals surface area contributed by atoms with E-state index in [1.165, 1.54) is 12.5 Å². The summed E-state index contributed by atoms with van der Waals surface area (Å²) in [6.07, 6.45) is 6.78. The van der Waals surface area contributed by atoms with Gasteiger partial charge in [-0.05, 0) is 36.8 Å². The molecule has 0 aromatic carbocycles. The molecular formula is C12H15NO2. The fraction of sp³-hybridized carbons (Fsp3) is 0.500. The molecule has 0 aliphatic heterocycles. The molecule has 80 valence electrons. The number of ether oxygens (including phenoxy) is 1. The monoisotopic (exact) mass is 205 g/mol. The van der Waals surface area contributed by atoms with Crippen molar-refractivity contribution in [1.29, 1.82) is 0 Å². The van der Waals surface area contributed by atoms with E-state index in [1.807, 2.05) is 12.3 Å². The molecule has 2 rings (SSSR count). The van der Waals surface area contributed by atoms with Crippen molar-refractivity contribution in [3.8, 4) is 0 Å². The van der Waals surface area contributed by atoms with Crippen LogP contribution in [0, 0.1) is 0 Å². The fourth-order valence-electron chi connectivity index (χ4n) is 2.20. The molecule has 0 amide bonds. The van der Waals surface area contributed by atoms with Crippen molar-refractivity contribution in [3.63, 3.8) is 0 Å². The largest absolute Gasteiger partial charge is 0.463 e. The number of aromatic nitrogens is 1. The first-order valence-electron chi connectivity index (χ1n) is 5.33. The Morgan fingerprint density at radius 1 is 1.53 bits per heavy atom. The lowest BCUT2D eigenvalue weighted by Crippen LogP contribution is -2.12. The summed E-state index contributed by atoms with van der Waals surface area (Å²) >= 11 is 0. The van der Waals surface area contributed by atoms with Crippen LogP contribution in [0.5, 0.6) is 0 Å². The van der Waals surface area contributed by atoms with Crippen molar-refractivity contribution in [3.05, 3.63) is 30.1 Å². The van der Waals surface area contributed by atoms with Crippen LogP contribution in [0.2, 0.25) is 0 Å². The molecule has 1 aromatic heterocycles. The summed E-state index contributed by atoms with van der Waals surface area (Å²) in [6, 6.07) is 4.04. The summed E-state index contributed by atoms with van der Waals surface area (Å²) in [5.41, 5.74) is 1.26. The van der Waals surface area contributed by atoms with E-state index in [9.17, 15) is 4.79 Å². The number of carbonyl (C=O) groups is 1. The summed E-state index contributed by atoms with van der Waals surface area (Å²) in [5.74, 6) is 0.329. The average Bonchev–Trinajstić information content (AvgIpc) is 2.67. The minimum absolute atomic E-state index is 0.104. The summed E-state index contributed by atoms with van der Waals surface area (Å²) in [4.78, 5) is 14.9.